The number of carbonyl (C=O) groups excluding carboxylic acids is 1. The van der Waals surface area contributed by atoms with E-state index in [1.54, 1.807) is 12.1 Å². The van der Waals surface area contributed by atoms with Gasteiger partial charge in [0.25, 0.3) is 11.5 Å². The molecule has 1 aromatic heterocycles. The summed E-state index contributed by atoms with van der Waals surface area (Å²) in [5.41, 5.74) is -0.139. The summed E-state index contributed by atoms with van der Waals surface area (Å²) < 4.78 is 0. The summed E-state index contributed by atoms with van der Waals surface area (Å²) in [6.07, 6.45) is 14.3. The van der Waals surface area contributed by atoms with Crippen LogP contribution < -0.4 is 10.9 Å². The van der Waals surface area contributed by atoms with Crippen molar-refractivity contribution >= 4 is 5.91 Å². The molecule has 0 aliphatic carbocycles. The maximum Gasteiger partial charge on any atom is 0.260 e. The van der Waals surface area contributed by atoms with E-state index < -0.39 is 0 Å². The van der Waals surface area contributed by atoms with E-state index in [1.807, 2.05) is 0 Å². The number of rotatable bonds is 14. The van der Waals surface area contributed by atoms with Crippen molar-refractivity contribution in [2.24, 2.45) is 0 Å². The number of hydrogen-bond donors (Lipinski definition) is 2. The van der Waals surface area contributed by atoms with Gasteiger partial charge in [-0.25, -0.2) is 0 Å². The number of nitrogens with zero attached hydrogens (tertiary/aromatic N) is 2. The lowest BCUT2D eigenvalue weighted by Crippen LogP contribution is -2.44. The van der Waals surface area contributed by atoms with E-state index in [-0.39, 0.29) is 17.0 Å². The highest BCUT2D eigenvalue weighted by atomic mass is 16.2. The number of amides is 1. The molecule has 0 aromatic carbocycles. The van der Waals surface area contributed by atoms with Crippen LogP contribution >= 0.6 is 0 Å². The van der Waals surface area contributed by atoms with Gasteiger partial charge in [0.05, 0.1) is 0 Å². The van der Waals surface area contributed by atoms with Crippen molar-refractivity contribution in [1.29, 1.82) is 0 Å². The first kappa shape index (κ1) is 23.6. The van der Waals surface area contributed by atoms with Crippen LogP contribution in [0.1, 0.15) is 74.6 Å². The quantitative estimate of drug-likeness (QED) is 0.467. The van der Waals surface area contributed by atoms with E-state index in [0.717, 1.165) is 12.8 Å². The van der Waals surface area contributed by atoms with Gasteiger partial charge in [0.2, 0.25) is 0 Å². The monoisotopic (exact) mass is 404 g/mol. The molecule has 164 valence electrons. The Kier molecular flexibility index (Phi) is 11.7. The number of unbranched alkanes of at least 4 members (excludes halogenated alkanes) is 9. The Morgan fingerprint density at radius 2 is 1.52 bits per heavy atom. The van der Waals surface area contributed by atoms with Crippen molar-refractivity contribution < 1.29 is 4.79 Å². The summed E-state index contributed by atoms with van der Waals surface area (Å²) in [4.78, 5) is 31.0. The molecule has 2 N–H and O–H groups in total. The van der Waals surface area contributed by atoms with E-state index in [9.17, 15) is 9.59 Å². The van der Waals surface area contributed by atoms with Crippen molar-refractivity contribution in [3.8, 4) is 0 Å². The van der Waals surface area contributed by atoms with Crippen LogP contribution in [0.3, 0.4) is 0 Å². The van der Waals surface area contributed by atoms with Crippen LogP contribution in [0.5, 0.6) is 0 Å². The molecular formula is C23H40N4O2. The Balaban J connectivity index is 1.33. The fourth-order valence-electron chi connectivity index (χ4n) is 3.84. The van der Waals surface area contributed by atoms with Crippen LogP contribution in [-0.4, -0.2) is 67.0 Å². The SMILES string of the molecule is CN1CCN(CCCCCCCCCCCCNC(=O)c2ccc[nH]c2=O)CC1. The predicted octanol–water partition coefficient (Wildman–Crippen LogP) is 3.25. The van der Waals surface area contributed by atoms with Crippen molar-refractivity contribution in [3.63, 3.8) is 0 Å². The summed E-state index contributed by atoms with van der Waals surface area (Å²) in [7, 11) is 2.21. The second-order valence-electron chi connectivity index (χ2n) is 8.35. The molecular weight excluding hydrogens is 364 g/mol. The average molecular weight is 405 g/mol. The van der Waals surface area contributed by atoms with Gasteiger partial charge in [-0.3, -0.25) is 9.59 Å². The van der Waals surface area contributed by atoms with Crippen LogP contribution in [0.25, 0.3) is 0 Å². The van der Waals surface area contributed by atoms with Crippen LogP contribution in [-0.2, 0) is 0 Å². The minimum Gasteiger partial charge on any atom is -0.352 e. The maximum atomic E-state index is 11.9. The third kappa shape index (κ3) is 10.1. The largest absolute Gasteiger partial charge is 0.352 e. The minimum atomic E-state index is -0.329. The fraction of sp³-hybridized carbons (Fsp3) is 0.739. The van der Waals surface area contributed by atoms with Gasteiger partial charge >= 0.3 is 0 Å². The summed E-state index contributed by atoms with van der Waals surface area (Å²) >= 11 is 0. The van der Waals surface area contributed by atoms with Gasteiger partial charge in [-0.1, -0.05) is 51.4 Å². The van der Waals surface area contributed by atoms with Crippen LogP contribution in [0, 0.1) is 0 Å². The number of likely N-dealkylation sites (N-methyl/N-ethyl adjacent to an activating group) is 1. The zero-order valence-corrected chi connectivity index (χ0v) is 18.3. The van der Waals surface area contributed by atoms with Crippen molar-refractivity contribution in [1.82, 2.24) is 20.1 Å². The maximum absolute atomic E-state index is 11.9. The van der Waals surface area contributed by atoms with Crippen molar-refractivity contribution in [2.45, 2.75) is 64.2 Å². The number of aromatic amines is 1. The van der Waals surface area contributed by atoms with Crippen LogP contribution in [0.4, 0.5) is 0 Å². The summed E-state index contributed by atoms with van der Waals surface area (Å²) in [6.45, 7) is 6.84. The highest BCUT2D eigenvalue weighted by molar-refractivity contribution is 5.93. The molecule has 1 amide bonds. The Hall–Kier alpha value is -1.66. The second-order valence-corrected chi connectivity index (χ2v) is 8.35. The zero-order valence-electron chi connectivity index (χ0n) is 18.3. The van der Waals surface area contributed by atoms with Crippen LogP contribution in [0.2, 0.25) is 0 Å². The molecule has 1 aliphatic rings. The molecule has 1 saturated heterocycles. The molecule has 0 spiro atoms. The molecule has 0 bridgehead atoms. The van der Waals surface area contributed by atoms with Gasteiger partial charge in [-0.15, -0.1) is 0 Å². The number of carbonyl (C=O) groups is 1. The number of piperazine rings is 1. The summed E-state index contributed by atoms with van der Waals surface area (Å²) in [5.74, 6) is -0.278. The van der Waals surface area contributed by atoms with Gasteiger partial charge in [0.1, 0.15) is 5.56 Å². The van der Waals surface area contributed by atoms with Gasteiger partial charge in [0.15, 0.2) is 0 Å². The fourth-order valence-corrected chi connectivity index (χ4v) is 3.84. The van der Waals surface area contributed by atoms with Gasteiger partial charge in [-0.2, -0.15) is 0 Å². The van der Waals surface area contributed by atoms with E-state index >= 15 is 0 Å². The Morgan fingerprint density at radius 3 is 2.14 bits per heavy atom. The molecule has 0 radical (unpaired) electrons. The summed E-state index contributed by atoms with van der Waals surface area (Å²) in [5, 5.41) is 2.83. The van der Waals surface area contributed by atoms with Crippen molar-refractivity contribution in [2.75, 3.05) is 46.3 Å². The molecule has 6 nitrogen and oxygen atoms in total. The number of aromatic nitrogens is 1. The van der Waals surface area contributed by atoms with Crippen molar-refractivity contribution in [3.05, 3.63) is 34.2 Å². The second kappa shape index (κ2) is 14.3. The first-order valence-corrected chi connectivity index (χ1v) is 11.5. The predicted molar refractivity (Wildman–Crippen MR) is 120 cm³/mol. The third-order valence-electron chi connectivity index (χ3n) is 5.85. The highest BCUT2D eigenvalue weighted by Gasteiger charge is 2.12. The number of nitrogens with one attached hydrogen (secondary N) is 2. The van der Waals surface area contributed by atoms with Gasteiger partial charge in [0, 0.05) is 38.9 Å². The van der Waals surface area contributed by atoms with E-state index in [1.165, 1.54) is 90.3 Å². The summed E-state index contributed by atoms with van der Waals surface area (Å²) in [6, 6.07) is 3.23. The Morgan fingerprint density at radius 1 is 0.931 bits per heavy atom. The molecule has 0 atom stereocenters. The number of hydrogen-bond acceptors (Lipinski definition) is 4. The van der Waals surface area contributed by atoms with E-state index in [0.29, 0.717) is 6.54 Å². The number of pyridine rings is 1. The molecule has 2 heterocycles. The topological polar surface area (TPSA) is 68.4 Å². The lowest BCUT2D eigenvalue weighted by atomic mass is 10.1. The van der Waals surface area contributed by atoms with E-state index in [2.05, 4.69) is 27.1 Å². The van der Waals surface area contributed by atoms with Gasteiger partial charge in [-0.05, 0) is 38.6 Å². The lowest BCUT2D eigenvalue weighted by Gasteiger charge is -2.32. The molecule has 0 saturated carbocycles. The average Bonchev–Trinajstić information content (AvgIpc) is 2.73. The van der Waals surface area contributed by atoms with E-state index in [4.69, 9.17) is 0 Å². The Bertz CT molecular complexity index is 623. The number of H-pyrrole nitrogens is 1. The molecule has 1 aromatic rings. The highest BCUT2D eigenvalue weighted by Crippen LogP contribution is 2.11. The molecule has 1 fully saturated rings. The molecule has 29 heavy (non-hydrogen) atoms. The molecule has 2 rings (SSSR count). The normalized spacial score (nSPS) is 15.5. The van der Waals surface area contributed by atoms with Gasteiger partial charge < -0.3 is 20.1 Å². The third-order valence-corrected chi connectivity index (χ3v) is 5.85. The smallest absolute Gasteiger partial charge is 0.260 e. The molecule has 6 heteroatoms. The lowest BCUT2D eigenvalue weighted by molar-refractivity contribution is 0.0951. The first-order chi connectivity index (χ1) is 14.2. The van der Waals surface area contributed by atoms with Crippen LogP contribution in [0.15, 0.2) is 23.1 Å². The minimum absolute atomic E-state index is 0.191. The molecule has 1 aliphatic heterocycles. The zero-order chi connectivity index (χ0) is 20.7. The first-order valence-electron chi connectivity index (χ1n) is 11.5. The standard InChI is InChI=1S/C23H40N4O2/c1-26-17-19-27(20-18-26)16-11-9-7-5-3-2-4-6-8-10-14-24-22(28)21-13-12-15-25-23(21)29/h12-13,15H,2-11,14,16-20H2,1H3,(H,24,28)(H,25,29). The Labute approximate surface area is 176 Å². The molecule has 0 unspecified atom stereocenters.